The number of carbonyl (C=O) groups is 4. The molecule has 6 N–H and O–H groups in total. The predicted molar refractivity (Wildman–Crippen MR) is 464 cm³/mol. The van der Waals surface area contributed by atoms with Crippen LogP contribution in [0.4, 0.5) is 0 Å². The molecule has 16 aliphatic carbocycles. The molecule has 16 saturated carbocycles. The van der Waals surface area contributed by atoms with Gasteiger partial charge in [0.15, 0.2) is 23.1 Å². The van der Waals surface area contributed by atoms with Crippen molar-refractivity contribution in [2.45, 2.75) is 356 Å². The minimum absolute atomic E-state index is 0.00556. The zero-order chi connectivity index (χ0) is 85.1. The summed E-state index contributed by atoms with van der Waals surface area (Å²) in [5, 5.41) is 90.2. The Morgan fingerprint density at radius 1 is 0.380 bits per heavy atom. The maximum Gasteiger partial charge on any atom is 0.159 e. The average molecular weight is 1660 g/mol. The van der Waals surface area contributed by atoms with Crippen LogP contribution in [-0.2, 0) is 45.4 Å². The van der Waals surface area contributed by atoms with Crippen LogP contribution in [0.1, 0.15) is 293 Å². The lowest BCUT2D eigenvalue weighted by atomic mass is 9.44. The van der Waals surface area contributed by atoms with Gasteiger partial charge < -0.3 is 30.6 Å². The van der Waals surface area contributed by atoms with E-state index in [0.717, 1.165) is 182 Å². The minimum atomic E-state index is -0.476. The SMILES string of the molecule is C[C@@]1(O)CC[C@@]2(C)[C@H](CC[C@@H]3[C@@H]2CC[C@]2(C)[C@@H](C(=O)Cn4nc5ccccc5n4)CC[C@@H]32)C1.C[C@]12CC[C@@H](O)C[C@@H]1CC[C@@H]1[C@@H]2[C@@H](O)C[C@]2(C)[C@@H](C(=O)Cn3cccn3)CC[C@@H]12.C[C@]12CC[C@@H](O)C[C@@H]1CC[C@@H]1[C@@H]2[C@@H](O)C[C@]2(C)[C@@H](C(=O)Cn3ccnn3)CC[C@@H]12.Cc1cnn(CC(=O)[C@H]2CC[C@H]3[C@@H]4CC[C@@H]5C[C@](C)(O)CC[C@]5(C)[C@H]4CC[C@]23C)c1. The molecule has 0 bridgehead atoms. The number of aliphatic hydroxyl groups is 6. The second kappa shape index (κ2) is 32.1. The lowest BCUT2D eigenvalue weighted by Crippen LogP contribution is -2.59. The van der Waals surface area contributed by atoms with Gasteiger partial charge in [-0.15, -0.1) is 5.10 Å². The first-order chi connectivity index (χ1) is 57.5. The Labute approximate surface area is 720 Å². The van der Waals surface area contributed by atoms with E-state index in [9.17, 15) is 49.8 Å². The largest absolute Gasteiger partial charge is 0.393 e. The zero-order valence-electron chi connectivity index (χ0n) is 75.4. The van der Waals surface area contributed by atoms with Crippen LogP contribution in [-0.4, -0.2) is 139 Å². The highest BCUT2D eigenvalue weighted by atomic mass is 16.3. The monoisotopic (exact) mass is 1660 g/mol. The van der Waals surface area contributed by atoms with Crippen molar-refractivity contribution in [3.8, 4) is 0 Å². The van der Waals surface area contributed by atoms with E-state index in [0.29, 0.717) is 113 Å². The first-order valence-corrected chi connectivity index (χ1v) is 48.9. The standard InChI is InChI=1S/C28H39N3O2.C26H40N2O2.C24H36N2O3.C23H35N3O3/c1-26(33)14-15-27(2)18(16-26)8-9-19-20-10-11-22(28(20,3)13-12-21(19)27)25(32)17-31-29-23-6-4-5-7-24(23)30-31;1-17-14-27-28(15-17)16-23(29)22-8-7-20-19-6-5-18-13-24(2,30)11-12-25(18,3)21(19)9-10-26(20,22)4;1-23-9-8-16(27)12-15(23)4-5-17-18-6-7-19(21(29)14-26-11-3-10-25-26)24(18,2)13-20(28)22(17)23;1-22-8-7-15(27)11-14(22)3-4-16-17-5-6-18(20(29)13-26-10-9-24-25-26)23(17,2)12-19(28)21(16)22/h4-7,18-22,33H,8-17H2,1-3H3;14-15,18-22,30H,5-13,16H2,1-4H3;3,10-11,15-20,22,27-28H,4-9,12-14H2,1-2H3;9-10,14-19,21,27-28H,3-8,11-13H2,1-2H3/t18-,19+,20+,21+,22-,26-,27+,28+;18-,19+,20+,21+,22-,24-,25+,26+;15-,16+,17-,18-,19+,20-,22+,23-,24-;14-,15+,16-,17-,18+,19-,21+,22-,23-/m1100/s1. The molecule has 5 aromatic rings. The normalized spacial score (nSPS) is 47.7. The zero-order valence-corrected chi connectivity index (χ0v) is 75.4. The Morgan fingerprint density at radius 2 is 0.785 bits per heavy atom. The van der Waals surface area contributed by atoms with Crippen LogP contribution >= 0.6 is 0 Å². The van der Waals surface area contributed by atoms with Gasteiger partial charge in [-0.3, -0.25) is 28.5 Å². The van der Waals surface area contributed by atoms with Gasteiger partial charge in [0.25, 0.3) is 0 Å². The molecule has 16 fully saturated rings. The summed E-state index contributed by atoms with van der Waals surface area (Å²) in [4.78, 5) is 54.8. The number of aromatic nitrogens is 10. The summed E-state index contributed by atoms with van der Waals surface area (Å²) in [6, 6.07) is 9.71. The van der Waals surface area contributed by atoms with Crippen molar-refractivity contribution in [3.05, 3.63) is 73.1 Å². The molecule has 0 radical (unpaired) electrons. The molecule has 4 aromatic heterocycles. The fourth-order valence-electron chi connectivity index (χ4n) is 35.0. The van der Waals surface area contributed by atoms with Crippen LogP contribution in [0, 0.1) is 169 Å². The third-order valence-electron chi connectivity index (χ3n) is 41.0. The van der Waals surface area contributed by atoms with Crippen LogP contribution in [0.25, 0.3) is 11.0 Å². The van der Waals surface area contributed by atoms with E-state index in [1.54, 1.807) is 32.8 Å². The van der Waals surface area contributed by atoms with Gasteiger partial charge in [-0.05, 0) is 401 Å². The van der Waals surface area contributed by atoms with Crippen molar-refractivity contribution in [3.63, 3.8) is 0 Å². The summed E-state index contributed by atoms with van der Waals surface area (Å²) in [6.07, 6.45) is 46.3. The Balaban J connectivity index is 0.000000111. The smallest absolute Gasteiger partial charge is 0.159 e. The van der Waals surface area contributed by atoms with Gasteiger partial charge in [-0.1, -0.05) is 72.7 Å². The summed E-state index contributed by atoms with van der Waals surface area (Å²) < 4.78 is 5.20. The van der Waals surface area contributed by atoms with E-state index in [4.69, 9.17) is 0 Å². The number of nitrogens with zero attached hydrogens (tertiary/aromatic N) is 10. The summed E-state index contributed by atoms with van der Waals surface area (Å²) in [6.45, 7) is 26.8. The van der Waals surface area contributed by atoms with Crippen LogP contribution in [0.2, 0.25) is 0 Å². The number of Topliss-reactive ketones (excluding diaryl/α,β-unsaturated/α-hetero) is 4. The number of carbonyl (C=O) groups excluding carboxylic acids is 4. The number of rotatable bonds is 12. The number of fused-ring (bicyclic) bond motifs is 21. The maximum absolute atomic E-state index is 13.5. The highest BCUT2D eigenvalue weighted by Crippen LogP contribution is 2.73. The first-order valence-electron chi connectivity index (χ1n) is 48.9. The second-order valence-corrected chi connectivity index (χ2v) is 47.0. The molecule has 20 heteroatoms. The molecular weight excluding hydrogens is 1510 g/mol. The minimum Gasteiger partial charge on any atom is -0.393 e. The van der Waals surface area contributed by atoms with Crippen molar-refractivity contribution in [1.82, 2.24) is 49.5 Å². The van der Waals surface area contributed by atoms with E-state index in [2.05, 4.69) is 86.1 Å². The number of aryl methyl sites for hydroxylation is 1. The molecule has 34 atom stereocenters. The van der Waals surface area contributed by atoms with E-state index in [-0.39, 0.29) is 98.7 Å². The van der Waals surface area contributed by atoms with Gasteiger partial charge >= 0.3 is 0 Å². The van der Waals surface area contributed by atoms with Crippen molar-refractivity contribution >= 4 is 34.2 Å². The van der Waals surface area contributed by atoms with Crippen LogP contribution in [0.5, 0.6) is 0 Å². The molecule has 0 saturated heterocycles. The molecule has 20 nitrogen and oxygen atoms in total. The molecule has 0 aliphatic heterocycles. The van der Waals surface area contributed by atoms with Crippen molar-refractivity contribution in [1.29, 1.82) is 0 Å². The molecule has 4 heterocycles. The number of aliphatic hydroxyl groups excluding tert-OH is 4. The predicted octanol–water partition coefficient (Wildman–Crippen LogP) is 16.9. The Kier molecular flexibility index (Phi) is 22.9. The lowest BCUT2D eigenvalue weighted by Gasteiger charge is -2.62. The fourth-order valence-corrected chi connectivity index (χ4v) is 35.0. The number of hydrogen-bond acceptors (Lipinski definition) is 16. The van der Waals surface area contributed by atoms with Gasteiger partial charge in [0.1, 0.15) is 24.1 Å². The molecule has 1 aromatic carbocycles. The summed E-state index contributed by atoms with van der Waals surface area (Å²) in [7, 11) is 0. The van der Waals surface area contributed by atoms with Crippen LogP contribution in [0.15, 0.2) is 67.5 Å². The van der Waals surface area contributed by atoms with Gasteiger partial charge in [-0.2, -0.15) is 25.2 Å². The quantitative estimate of drug-likeness (QED) is 0.0677. The van der Waals surface area contributed by atoms with Crippen LogP contribution < -0.4 is 0 Å². The third-order valence-corrected chi connectivity index (χ3v) is 41.0. The van der Waals surface area contributed by atoms with Crippen molar-refractivity contribution < 1.29 is 49.8 Å². The third kappa shape index (κ3) is 15.1. The first kappa shape index (κ1) is 86.4. The molecule has 664 valence electrons. The second-order valence-electron chi connectivity index (χ2n) is 47.0. The number of ketones is 4. The van der Waals surface area contributed by atoms with Crippen molar-refractivity contribution in [2.24, 2.45) is 162 Å². The van der Waals surface area contributed by atoms with Crippen LogP contribution in [0.3, 0.4) is 0 Å². The lowest BCUT2D eigenvalue weighted by molar-refractivity contribution is -0.179. The molecule has 16 aliphatic rings. The number of benzene rings is 1. The number of hydrogen-bond donors (Lipinski definition) is 6. The Bertz CT molecular complexity index is 4400. The van der Waals surface area contributed by atoms with Gasteiger partial charge in [0.05, 0.1) is 61.1 Å². The van der Waals surface area contributed by atoms with Gasteiger partial charge in [0.2, 0.25) is 0 Å². The highest BCUT2D eigenvalue weighted by molar-refractivity contribution is 5.84. The Morgan fingerprint density at radius 3 is 1.21 bits per heavy atom. The van der Waals surface area contributed by atoms with E-state index in [1.165, 1.54) is 77.0 Å². The maximum atomic E-state index is 13.5. The average Bonchev–Trinajstić information content (AvgIpc) is 1.58. The topological polar surface area (TPSA) is 287 Å². The fraction of sp³-hybridized carbons (Fsp3) is 0.822. The van der Waals surface area contributed by atoms with Gasteiger partial charge in [-0.25, -0.2) is 4.68 Å². The molecule has 0 spiro atoms. The summed E-state index contributed by atoms with van der Waals surface area (Å²) in [5.41, 5.74) is 3.01. The highest BCUT2D eigenvalue weighted by Gasteiger charge is 2.69. The molecule has 21 rings (SSSR count). The molecule has 0 unspecified atom stereocenters. The van der Waals surface area contributed by atoms with Gasteiger partial charge in [0, 0.05) is 48.5 Å². The summed E-state index contributed by atoms with van der Waals surface area (Å²) >= 11 is 0. The molecule has 0 amide bonds. The van der Waals surface area contributed by atoms with E-state index < -0.39 is 11.2 Å². The van der Waals surface area contributed by atoms with Crippen molar-refractivity contribution in [2.75, 3.05) is 0 Å². The summed E-state index contributed by atoms with van der Waals surface area (Å²) in [5.74, 6) is 11.2. The molecular formula is C101H150N10O10. The van der Waals surface area contributed by atoms with E-state index >= 15 is 0 Å². The molecule has 121 heavy (non-hydrogen) atoms. The van der Waals surface area contributed by atoms with E-state index in [1.807, 2.05) is 74.4 Å². The Hall–Kier alpha value is -5.38.